The van der Waals surface area contributed by atoms with Crippen LogP contribution in [0.1, 0.15) is 0 Å². The molecule has 0 bridgehead atoms. The number of nitrogens with zero attached hydrogens (tertiary/aromatic N) is 10. The molecule has 0 aromatic carbocycles. The standard InChI is InChI=1S/5C10H16N2O8.4Mo/c5*13-7(14)3-11(4-8(15)16)1-2-12(5-9(17)18)6-10(19)20;;;;/h5*1-6H2,(H,13,14)(H,15,16)(H,17,18)(H,19,20);;;;. The van der Waals surface area contributed by atoms with Crippen LogP contribution < -0.4 is 0 Å². The molecule has 0 heterocycles. The fraction of sp³-hybridized carbons (Fsp3) is 0.600. The Morgan fingerprint density at radius 1 is 0.115 bits per heavy atom. The van der Waals surface area contributed by atoms with Crippen molar-refractivity contribution in [3.63, 3.8) is 0 Å². The van der Waals surface area contributed by atoms with Crippen LogP contribution in [0.2, 0.25) is 0 Å². The van der Waals surface area contributed by atoms with Gasteiger partial charge in [-0.2, -0.15) is 0 Å². The molecule has 0 saturated heterocycles. The molecule has 0 amide bonds. The average Bonchev–Trinajstić information content (AvgIpc) is 1.06. The summed E-state index contributed by atoms with van der Waals surface area (Å²) in [7, 11) is 0. The van der Waals surface area contributed by atoms with Crippen molar-refractivity contribution in [1.29, 1.82) is 0 Å². The molecule has 0 aromatic rings. The van der Waals surface area contributed by atoms with Gasteiger partial charge >= 0.3 is 119 Å². The van der Waals surface area contributed by atoms with Crippen molar-refractivity contribution in [1.82, 2.24) is 49.0 Å². The predicted molar refractivity (Wildman–Crippen MR) is 317 cm³/mol. The molecule has 0 saturated carbocycles. The minimum absolute atomic E-state index is 0. The molecule has 0 aromatic heterocycles. The Morgan fingerprint density at radius 2 is 0.154 bits per heavy atom. The van der Waals surface area contributed by atoms with Gasteiger partial charge in [0.05, 0.1) is 131 Å². The third-order valence-corrected chi connectivity index (χ3v) is 10.8. The molecule has 20 N–H and O–H groups in total. The van der Waals surface area contributed by atoms with Gasteiger partial charge in [-0.15, -0.1) is 0 Å². The van der Waals surface area contributed by atoms with Crippen LogP contribution in [-0.2, 0) is 180 Å². The first-order valence-electron chi connectivity index (χ1n) is 27.6. The summed E-state index contributed by atoms with van der Waals surface area (Å²) in [5.41, 5.74) is 0. The van der Waals surface area contributed by atoms with E-state index < -0.39 is 250 Å². The zero-order valence-electron chi connectivity index (χ0n) is 54.4. The van der Waals surface area contributed by atoms with Gasteiger partial charge in [0.1, 0.15) is 0 Å². The van der Waals surface area contributed by atoms with Gasteiger partial charge < -0.3 is 102 Å². The van der Waals surface area contributed by atoms with Crippen molar-refractivity contribution in [3.05, 3.63) is 0 Å². The molecule has 0 unspecified atom stereocenters. The van der Waals surface area contributed by atoms with E-state index in [0.29, 0.717) is 0 Å². The zero-order valence-corrected chi connectivity index (χ0v) is 62.5. The van der Waals surface area contributed by atoms with Crippen molar-refractivity contribution in [2.24, 2.45) is 0 Å². The number of aliphatic carboxylic acids is 20. The molecule has 0 fully saturated rings. The molecule has 50 nitrogen and oxygen atoms in total. The van der Waals surface area contributed by atoms with Crippen LogP contribution in [-0.4, -0.2) is 467 Å². The Bertz CT molecular complexity index is 2020. The minimum atomic E-state index is -1.23. The number of rotatable bonds is 55. The summed E-state index contributed by atoms with van der Waals surface area (Å²) in [6.45, 7) is -11.3. The van der Waals surface area contributed by atoms with E-state index in [1.165, 1.54) is 0 Å². The minimum Gasteiger partial charge on any atom is -0.480 e. The predicted octanol–water partition coefficient (Wildman–Crippen LogP) is -10.4. The third-order valence-electron chi connectivity index (χ3n) is 10.8. The zero-order chi connectivity index (χ0) is 78.5. The first-order valence-corrected chi connectivity index (χ1v) is 27.6. The number of carbonyl (C=O) groups is 20. The maximum absolute atomic E-state index is 10.6. The largest absolute Gasteiger partial charge is 0.480 e. The number of carboxylic acid groups (broad SMARTS) is 20. The monoisotopic (exact) mass is 1850 g/mol. The van der Waals surface area contributed by atoms with Crippen LogP contribution >= 0.6 is 0 Å². The van der Waals surface area contributed by atoms with Gasteiger partial charge in [-0.3, -0.25) is 145 Å². The molecule has 0 spiro atoms. The molecule has 0 aliphatic carbocycles. The average molecular weight is 1840 g/mol. The molecule has 104 heavy (non-hydrogen) atoms. The summed E-state index contributed by atoms with van der Waals surface area (Å²) in [6, 6.07) is 0. The van der Waals surface area contributed by atoms with Crippen molar-refractivity contribution in [2.45, 2.75) is 0 Å². The van der Waals surface area contributed by atoms with E-state index in [9.17, 15) is 95.9 Å². The number of carboxylic acids is 20. The Kier molecular flexibility index (Phi) is 73.2. The maximum Gasteiger partial charge on any atom is 0.317 e. The Balaban J connectivity index is -0.000000153. The van der Waals surface area contributed by atoms with E-state index in [1.807, 2.05) is 0 Å². The maximum atomic E-state index is 10.6. The second kappa shape index (κ2) is 66.7. The summed E-state index contributed by atoms with van der Waals surface area (Å²) in [6.07, 6.45) is 0. The normalized spacial score (nSPS) is 10.3. The molecule has 54 heteroatoms. The van der Waals surface area contributed by atoms with Crippen LogP contribution in [0.25, 0.3) is 0 Å². The molecule has 0 aliphatic heterocycles. The fourth-order valence-corrected chi connectivity index (χ4v) is 7.38. The van der Waals surface area contributed by atoms with Crippen molar-refractivity contribution >= 4 is 119 Å². The van der Waals surface area contributed by atoms with Gasteiger partial charge in [0.2, 0.25) is 0 Å². The molecular formula is C50H80Mo4N10O40. The van der Waals surface area contributed by atoms with Gasteiger partial charge in [-0.05, 0) is 0 Å². The molecule has 0 rings (SSSR count). The summed E-state index contributed by atoms with van der Waals surface area (Å²) < 4.78 is 0. The van der Waals surface area contributed by atoms with Crippen LogP contribution in [0, 0.1) is 0 Å². The molecule has 594 valence electrons. The second-order valence-electron chi connectivity index (χ2n) is 20.0. The van der Waals surface area contributed by atoms with Crippen LogP contribution in [0.3, 0.4) is 0 Å². The van der Waals surface area contributed by atoms with Crippen molar-refractivity contribution in [2.75, 3.05) is 196 Å². The third kappa shape index (κ3) is 86.2. The van der Waals surface area contributed by atoms with Crippen molar-refractivity contribution < 1.29 is 282 Å². The van der Waals surface area contributed by atoms with Crippen LogP contribution in [0.4, 0.5) is 0 Å². The smallest absolute Gasteiger partial charge is 0.317 e. The Labute approximate surface area is 643 Å². The summed E-state index contributed by atoms with van der Waals surface area (Å²) >= 11 is 0. The van der Waals surface area contributed by atoms with E-state index in [1.54, 1.807) is 0 Å². The van der Waals surface area contributed by atoms with Gasteiger partial charge in [0, 0.05) is 150 Å². The van der Waals surface area contributed by atoms with E-state index >= 15 is 0 Å². The topological polar surface area (TPSA) is 778 Å². The number of hydrogen-bond donors (Lipinski definition) is 20. The van der Waals surface area contributed by atoms with Gasteiger partial charge in [0.25, 0.3) is 0 Å². The number of hydrogen-bond acceptors (Lipinski definition) is 30. The Hall–Kier alpha value is -8.25. The Morgan fingerprint density at radius 3 is 0.183 bits per heavy atom. The van der Waals surface area contributed by atoms with Gasteiger partial charge in [-0.25, -0.2) is 0 Å². The SMILES string of the molecule is O=C(O)CN(CCN(CC(=O)O)CC(=O)O)CC(=O)O.O=C(O)CN(CCN(CC(=O)O)CC(=O)O)CC(=O)O.O=C(O)CN(CCN(CC(=O)O)CC(=O)O)CC(=O)O.O=C(O)CN(CCN(CC(=O)O)CC(=O)O)CC(=O)O.O=C(O)CN(CCN(CC(=O)O)CC(=O)O)CC(=O)O.[Mo].[Mo].[Mo].[Mo]. The fourth-order valence-electron chi connectivity index (χ4n) is 7.38. The summed E-state index contributed by atoms with van der Waals surface area (Å²) in [5.74, 6) is -24.6. The molecule has 0 aliphatic rings. The first-order chi connectivity index (χ1) is 46.0. The van der Waals surface area contributed by atoms with E-state index in [4.69, 9.17) is 102 Å². The van der Waals surface area contributed by atoms with Gasteiger partial charge in [-0.1, -0.05) is 0 Å². The molecular weight excluding hydrogens is 1760 g/mol. The van der Waals surface area contributed by atoms with Crippen molar-refractivity contribution in [3.8, 4) is 0 Å². The van der Waals surface area contributed by atoms with Gasteiger partial charge in [0.15, 0.2) is 0 Å². The molecule has 0 atom stereocenters. The van der Waals surface area contributed by atoms with E-state index in [-0.39, 0.29) is 150 Å². The van der Waals surface area contributed by atoms with E-state index in [2.05, 4.69) is 0 Å². The quantitative estimate of drug-likeness (QED) is 0.0251. The second-order valence-corrected chi connectivity index (χ2v) is 20.0. The van der Waals surface area contributed by atoms with Crippen LogP contribution in [0.15, 0.2) is 0 Å². The molecule has 0 radical (unpaired) electrons. The summed E-state index contributed by atoms with van der Waals surface area (Å²) in [4.78, 5) is 222. The summed E-state index contributed by atoms with van der Waals surface area (Å²) in [5, 5.41) is 172. The first kappa shape index (κ1) is 114. The van der Waals surface area contributed by atoms with E-state index in [0.717, 1.165) is 49.0 Å². The van der Waals surface area contributed by atoms with Crippen LogP contribution in [0.5, 0.6) is 0 Å².